The van der Waals surface area contributed by atoms with Crippen molar-refractivity contribution < 1.29 is 13.2 Å². The smallest absolute Gasteiger partial charge is 0.346 e. The van der Waals surface area contributed by atoms with Crippen LogP contribution in [0.1, 0.15) is 5.56 Å². The molecular weight excluding hydrogens is 326 g/mol. The van der Waals surface area contributed by atoms with Gasteiger partial charge in [-0.2, -0.15) is 5.10 Å². The normalized spacial score (nSPS) is 11.3. The molecular formula is C16H9ClF2N2O2. The van der Waals surface area contributed by atoms with E-state index < -0.39 is 17.3 Å². The monoisotopic (exact) mass is 334 g/mol. The van der Waals surface area contributed by atoms with Crippen molar-refractivity contribution in [3.05, 3.63) is 75.1 Å². The molecule has 1 N–H and O–H groups in total. The summed E-state index contributed by atoms with van der Waals surface area (Å²) in [5.41, 5.74) is 2.06. The lowest BCUT2D eigenvalue weighted by atomic mass is 10.2. The van der Waals surface area contributed by atoms with Gasteiger partial charge in [-0.05, 0) is 24.3 Å². The van der Waals surface area contributed by atoms with Crippen LogP contribution in [0.25, 0.3) is 11.0 Å². The average Bonchev–Trinajstić information content (AvgIpc) is 2.52. The van der Waals surface area contributed by atoms with Gasteiger partial charge in [0.05, 0.1) is 22.5 Å². The number of hydrogen-bond donors (Lipinski definition) is 1. The van der Waals surface area contributed by atoms with E-state index >= 15 is 0 Å². The van der Waals surface area contributed by atoms with Crippen LogP contribution in [0.2, 0.25) is 5.02 Å². The quantitative estimate of drug-likeness (QED) is 0.444. The summed E-state index contributed by atoms with van der Waals surface area (Å²) in [4.78, 5) is 11.9. The molecule has 3 rings (SSSR count). The third-order valence-electron chi connectivity index (χ3n) is 3.09. The van der Waals surface area contributed by atoms with Crippen LogP contribution >= 0.6 is 11.6 Å². The molecule has 1 heterocycles. The third kappa shape index (κ3) is 3.07. The van der Waals surface area contributed by atoms with Crippen molar-refractivity contribution in [2.24, 2.45) is 5.10 Å². The molecule has 0 atom stereocenters. The molecule has 0 radical (unpaired) electrons. The van der Waals surface area contributed by atoms with Crippen molar-refractivity contribution in [1.29, 1.82) is 0 Å². The molecule has 23 heavy (non-hydrogen) atoms. The summed E-state index contributed by atoms with van der Waals surface area (Å²) >= 11 is 6.18. The number of benzene rings is 2. The summed E-state index contributed by atoms with van der Waals surface area (Å²) in [6.07, 6.45) is 1.13. The second-order valence-electron chi connectivity index (χ2n) is 4.61. The van der Waals surface area contributed by atoms with E-state index in [1.54, 1.807) is 24.3 Å². The van der Waals surface area contributed by atoms with Crippen LogP contribution in [0, 0.1) is 11.6 Å². The Balaban J connectivity index is 1.93. The number of hydrogen-bond acceptors (Lipinski definition) is 4. The van der Waals surface area contributed by atoms with Gasteiger partial charge < -0.3 is 4.42 Å². The van der Waals surface area contributed by atoms with Crippen LogP contribution in [0.15, 0.2) is 56.8 Å². The Morgan fingerprint density at radius 2 is 1.96 bits per heavy atom. The van der Waals surface area contributed by atoms with E-state index in [4.69, 9.17) is 16.0 Å². The van der Waals surface area contributed by atoms with Crippen LogP contribution in [0.5, 0.6) is 0 Å². The number of nitrogens with one attached hydrogen (secondary N) is 1. The van der Waals surface area contributed by atoms with Crippen molar-refractivity contribution in [3.8, 4) is 0 Å². The van der Waals surface area contributed by atoms with Crippen molar-refractivity contribution >= 4 is 34.5 Å². The van der Waals surface area contributed by atoms with Gasteiger partial charge in [0.15, 0.2) is 5.82 Å². The zero-order valence-corrected chi connectivity index (χ0v) is 12.3. The molecule has 0 fully saturated rings. The molecule has 2 aromatic carbocycles. The third-order valence-corrected chi connectivity index (χ3v) is 3.50. The molecule has 0 unspecified atom stereocenters. The Morgan fingerprint density at radius 1 is 1.17 bits per heavy atom. The minimum Gasteiger partial charge on any atom is -0.422 e. The minimum atomic E-state index is -0.807. The van der Waals surface area contributed by atoms with E-state index in [0.29, 0.717) is 11.0 Å². The summed E-state index contributed by atoms with van der Waals surface area (Å²) < 4.78 is 31.4. The summed E-state index contributed by atoms with van der Waals surface area (Å²) in [6.45, 7) is 0. The fraction of sp³-hybridized carbons (Fsp3) is 0. The van der Waals surface area contributed by atoms with Crippen LogP contribution in [-0.2, 0) is 0 Å². The van der Waals surface area contributed by atoms with Crippen LogP contribution < -0.4 is 11.1 Å². The molecule has 3 aromatic rings. The molecule has 4 nitrogen and oxygen atoms in total. The van der Waals surface area contributed by atoms with E-state index in [-0.39, 0.29) is 16.3 Å². The zero-order valence-electron chi connectivity index (χ0n) is 11.5. The highest BCUT2D eigenvalue weighted by Crippen LogP contribution is 2.23. The largest absolute Gasteiger partial charge is 0.422 e. The first kappa shape index (κ1) is 15.2. The van der Waals surface area contributed by atoms with E-state index in [9.17, 15) is 13.6 Å². The van der Waals surface area contributed by atoms with E-state index in [0.717, 1.165) is 18.3 Å². The molecule has 0 saturated carbocycles. The van der Waals surface area contributed by atoms with Gasteiger partial charge >= 0.3 is 5.63 Å². The average molecular weight is 335 g/mol. The van der Waals surface area contributed by atoms with Crippen molar-refractivity contribution in [1.82, 2.24) is 0 Å². The number of rotatable bonds is 3. The van der Waals surface area contributed by atoms with Gasteiger partial charge in [-0.1, -0.05) is 23.7 Å². The fourth-order valence-corrected chi connectivity index (χ4v) is 2.26. The topological polar surface area (TPSA) is 54.6 Å². The Kier molecular flexibility index (Phi) is 4.08. The molecule has 0 spiro atoms. The molecule has 116 valence electrons. The van der Waals surface area contributed by atoms with Crippen molar-refractivity contribution in [2.75, 3.05) is 5.43 Å². The van der Waals surface area contributed by atoms with E-state index in [2.05, 4.69) is 10.5 Å². The highest BCUT2D eigenvalue weighted by molar-refractivity contribution is 6.37. The van der Waals surface area contributed by atoms with Crippen molar-refractivity contribution in [2.45, 2.75) is 0 Å². The number of hydrazone groups is 1. The maximum absolute atomic E-state index is 13.5. The first-order chi connectivity index (χ1) is 11.1. The van der Waals surface area contributed by atoms with Gasteiger partial charge in [-0.3, -0.25) is 5.43 Å². The number of nitrogens with zero attached hydrogens (tertiary/aromatic N) is 1. The second-order valence-corrected chi connectivity index (χ2v) is 4.99. The predicted octanol–water partition coefficient (Wildman–Crippen LogP) is 4.17. The van der Waals surface area contributed by atoms with Gasteiger partial charge in [0, 0.05) is 11.5 Å². The summed E-state index contributed by atoms with van der Waals surface area (Å²) in [6, 6.07) is 9.77. The Bertz CT molecular complexity index is 970. The van der Waals surface area contributed by atoms with Crippen LogP contribution in [0.4, 0.5) is 14.5 Å². The number of fused-ring (bicyclic) bond motifs is 1. The van der Waals surface area contributed by atoms with Gasteiger partial charge in [-0.25, -0.2) is 13.6 Å². The summed E-state index contributed by atoms with van der Waals surface area (Å²) in [7, 11) is 0. The first-order valence-corrected chi connectivity index (χ1v) is 6.89. The summed E-state index contributed by atoms with van der Waals surface area (Å²) in [5.74, 6) is -1.51. The molecule has 0 saturated heterocycles. The number of halogens is 3. The SMILES string of the molecule is O=c1oc2ccccc2c(Cl)c1C=NNc1ccc(F)cc1F. The number of para-hydroxylation sites is 1. The molecule has 0 aliphatic carbocycles. The van der Waals surface area contributed by atoms with Gasteiger partial charge in [0.1, 0.15) is 11.4 Å². The highest BCUT2D eigenvalue weighted by atomic mass is 35.5. The fourth-order valence-electron chi connectivity index (χ4n) is 1.98. The standard InChI is InChI=1S/C16H9ClF2N2O2/c17-15-10-3-1-2-4-14(10)23-16(22)11(15)8-20-21-13-6-5-9(18)7-12(13)19/h1-8,21H. The molecule has 0 bridgehead atoms. The maximum atomic E-state index is 13.5. The Hall–Kier alpha value is -2.73. The van der Waals surface area contributed by atoms with Crippen molar-refractivity contribution in [3.63, 3.8) is 0 Å². The van der Waals surface area contributed by atoms with E-state index in [1.165, 1.54) is 6.07 Å². The Labute approximate surface area is 134 Å². The molecule has 1 aromatic heterocycles. The molecule has 0 aliphatic heterocycles. The van der Waals surface area contributed by atoms with Crippen LogP contribution in [-0.4, -0.2) is 6.21 Å². The van der Waals surface area contributed by atoms with Gasteiger partial charge in [0.2, 0.25) is 0 Å². The second kappa shape index (κ2) is 6.18. The maximum Gasteiger partial charge on any atom is 0.346 e. The summed E-state index contributed by atoms with van der Waals surface area (Å²) in [5, 5.41) is 4.49. The first-order valence-electron chi connectivity index (χ1n) is 6.52. The van der Waals surface area contributed by atoms with E-state index in [1.807, 2.05) is 0 Å². The lowest BCUT2D eigenvalue weighted by Gasteiger charge is -2.03. The minimum absolute atomic E-state index is 0.0281. The predicted molar refractivity (Wildman–Crippen MR) is 85.1 cm³/mol. The van der Waals surface area contributed by atoms with Crippen LogP contribution in [0.3, 0.4) is 0 Å². The highest BCUT2D eigenvalue weighted by Gasteiger charge is 2.11. The number of anilines is 1. The molecule has 0 amide bonds. The zero-order chi connectivity index (χ0) is 16.4. The van der Waals surface area contributed by atoms with Gasteiger partial charge in [-0.15, -0.1) is 0 Å². The molecule has 7 heteroatoms. The Morgan fingerprint density at radius 3 is 2.74 bits per heavy atom. The lowest BCUT2D eigenvalue weighted by Crippen LogP contribution is -2.08. The molecule has 0 aliphatic rings. The van der Waals surface area contributed by atoms with Gasteiger partial charge in [0.25, 0.3) is 0 Å². The lowest BCUT2D eigenvalue weighted by molar-refractivity contribution is 0.560.